The fourth-order valence-electron chi connectivity index (χ4n) is 5.52. The number of halogens is 3. The van der Waals surface area contributed by atoms with Crippen molar-refractivity contribution in [2.45, 2.75) is 43.3 Å². The second kappa shape index (κ2) is 7.51. The second-order valence-corrected chi connectivity index (χ2v) is 9.23. The van der Waals surface area contributed by atoms with Gasteiger partial charge in [0.25, 0.3) is 0 Å². The van der Waals surface area contributed by atoms with Gasteiger partial charge in [-0.15, -0.1) is 0 Å². The molecule has 35 heavy (non-hydrogen) atoms. The smallest absolute Gasteiger partial charge is 0.165 e. The first-order chi connectivity index (χ1) is 16.7. The first kappa shape index (κ1) is 22.0. The molecule has 5 atom stereocenters. The zero-order valence-electron chi connectivity index (χ0n) is 18.2. The molecule has 3 aromatic heterocycles. The number of aliphatic hydroxyl groups is 2. The maximum atomic E-state index is 14.7. The van der Waals surface area contributed by atoms with Gasteiger partial charge in [-0.05, 0) is 48.9 Å². The van der Waals surface area contributed by atoms with E-state index in [9.17, 15) is 23.4 Å². The third-order valence-corrected chi connectivity index (χ3v) is 7.19. The van der Waals surface area contributed by atoms with Crippen molar-refractivity contribution < 1.29 is 28.1 Å². The van der Waals surface area contributed by atoms with E-state index in [1.165, 1.54) is 17.0 Å². The number of aromatic nitrogens is 4. The van der Waals surface area contributed by atoms with Crippen LogP contribution in [0.5, 0.6) is 0 Å². The Morgan fingerprint density at radius 2 is 1.89 bits per heavy atom. The molecule has 0 spiro atoms. The highest BCUT2D eigenvalue weighted by atomic mass is 19.1. The molecule has 4 aromatic rings. The number of ether oxygens (including phenoxy) is 1. The number of hydrogen-bond donors (Lipinski definition) is 4. The Hall–Kier alpha value is -3.48. The Balaban J connectivity index is 1.32. The first-order valence-electron chi connectivity index (χ1n) is 11.0. The first-order valence-corrected chi connectivity index (χ1v) is 11.0. The van der Waals surface area contributed by atoms with E-state index in [0.717, 1.165) is 12.3 Å². The van der Waals surface area contributed by atoms with Gasteiger partial charge in [0.2, 0.25) is 0 Å². The summed E-state index contributed by atoms with van der Waals surface area (Å²) in [5.74, 6) is -2.79. The van der Waals surface area contributed by atoms with Crippen LogP contribution in [0.25, 0.3) is 21.9 Å². The molecule has 1 aliphatic heterocycles. The van der Waals surface area contributed by atoms with Gasteiger partial charge in [0, 0.05) is 11.6 Å². The average molecular weight is 486 g/mol. The fourth-order valence-corrected chi connectivity index (χ4v) is 5.52. The maximum Gasteiger partial charge on any atom is 0.165 e. The third kappa shape index (κ3) is 3.17. The lowest BCUT2D eigenvalue weighted by molar-refractivity contribution is -0.0675. The Labute approximate surface area is 196 Å². The highest BCUT2D eigenvalue weighted by Crippen LogP contribution is 2.51. The zero-order valence-corrected chi connectivity index (χ0v) is 18.2. The molecule has 2 fully saturated rings. The monoisotopic (exact) mass is 486 g/mol. The normalized spacial score (nSPS) is 28.3. The summed E-state index contributed by atoms with van der Waals surface area (Å²) in [6.45, 7) is 0. The number of nitrogens with zero attached hydrogens (tertiary/aromatic N) is 4. The van der Waals surface area contributed by atoms with Crippen molar-refractivity contribution in [3.05, 3.63) is 53.7 Å². The van der Waals surface area contributed by atoms with Crippen LogP contribution in [0.3, 0.4) is 0 Å². The minimum Gasteiger partial charge on any atom is -0.385 e. The van der Waals surface area contributed by atoms with Crippen LogP contribution in [0, 0.1) is 23.4 Å². The standard InChI is InChI=1S/C23H21F3N6O3/c24-12-4-9(5-15-11(12)6-13(25)19(27)31-15)3-10-1-2-23(34)17(33)22(35-18(10)23)32-7-14(26)16-20(28)29-8-30-21(16)32/h4-8,10,17-18,22,33-34H,1-3H2,(H2,27,31)(H2,28,29,30)/t10-,17?,18+,22+,23-/m0/s1. The van der Waals surface area contributed by atoms with Crippen molar-refractivity contribution in [3.8, 4) is 0 Å². The molecule has 1 aromatic carbocycles. The summed E-state index contributed by atoms with van der Waals surface area (Å²) < 4.78 is 50.4. The van der Waals surface area contributed by atoms with Gasteiger partial charge in [0.1, 0.15) is 29.7 Å². The number of nitrogen functional groups attached to an aromatic ring is 2. The van der Waals surface area contributed by atoms with Crippen LogP contribution in [0.1, 0.15) is 24.6 Å². The molecule has 12 heteroatoms. The highest BCUT2D eigenvalue weighted by Gasteiger charge is 2.61. The van der Waals surface area contributed by atoms with E-state index in [0.29, 0.717) is 18.4 Å². The largest absolute Gasteiger partial charge is 0.385 e. The van der Waals surface area contributed by atoms with Crippen LogP contribution < -0.4 is 11.5 Å². The molecule has 1 aliphatic carbocycles. The summed E-state index contributed by atoms with van der Waals surface area (Å²) in [5.41, 5.74) is 10.6. The minimum absolute atomic E-state index is 0.00116. The maximum absolute atomic E-state index is 14.7. The van der Waals surface area contributed by atoms with Crippen LogP contribution in [-0.2, 0) is 11.2 Å². The number of fused-ring (bicyclic) bond motifs is 3. The third-order valence-electron chi connectivity index (χ3n) is 7.19. The predicted octanol–water partition coefficient (Wildman–Crippen LogP) is 2.20. The fraction of sp³-hybridized carbons (Fsp3) is 0.348. The van der Waals surface area contributed by atoms with Crippen LogP contribution in [-0.4, -0.2) is 47.5 Å². The van der Waals surface area contributed by atoms with Gasteiger partial charge >= 0.3 is 0 Å². The number of hydrogen-bond acceptors (Lipinski definition) is 8. The molecule has 1 saturated heterocycles. The Morgan fingerprint density at radius 1 is 1.09 bits per heavy atom. The molecule has 0 amide bonds. The quantitative estimate of drug-likeness (QED) is 0.345. The Kier molecular flexibility index (Phi) is 4.72. The molecule has 1 saturated carbocycles. The summed E-state index contributed by atoms with van der Waals surface area (Å²) in [6.07, 6.45) is 0.00453. The Bertz CT molecular complexity index is 1500. The van der Waals surface area contributed by atoms with E-state index < -0.39 is 41.5 Å². The number of pyridine rings is 1. The summed E-state index contributed by atoms with van der Waals surface area (Å²) in [6, 6.07) is 3.90. The molecule has 1 unspecified atom stereocenters. The molecular weight excluding hydrogens is 465 g/mol. The number of benzene rings is 1. The summed E-state index contributed by atoms with van der Waals surface area (Å²) in [5, 5.41) is 22.4. The molecule has 2 aliphatic rings. The number of aliphatic hydroxyl groups excluding tert-OH is 1. The topological polar surface area (TPSA) is 145 Å². The lowest BCUT2D eigenvalue weighted by atomic mass is 9.90. The van der Waals surface area contributed by atoms with Gasteiger partial charge in [-0.25, -0.2) is 28.1 Å². The number of anilines is 2. The van der Waals surface area contributed by atoms with Crippen molar-refractivity contribution >= 4 is 33.6 Å². The van der Waals surface area contributed by atoms with Gasteiger partial charge < -0.3 is 31.0 Å². The van der Waals surface area contributed by atoms with Crippen LogP contribution >= 0.6 is 0 Å². The van der Waals surface area contributed by atoms with Crippen molar-refractivity contribution in [3.63, 3.8) is 0 Å². The molecule has 182 valence electrons. The van der Waals surface area contributed by atoms with Crippen molar-refractivity contribution in [2.75, 3.05) is 11.5 Å². The summed E-state index contributed by atoms with van der Waals surface area (Å²) >= 11 is 0. The van der Waals surface area contributed by atoms with E-state index in [-0.39, 0.29) is 45.9 Å². The summed E-state index contributed by atoms with van der Waals surface area (Å²) in [4.78, 5) is 11.8. The molecule has 6 N–H and O–H groups in total. The van der Waals surface area contributed by atoms with Crippen molar-refractivity contribution in [1.29, 1.82) is 0 Å². The van der Waals surface area contributed by atoms with Crippen molar-refractivity contribution in [1.82, 2.24) is 19.5 Å². The average Bonchev–Trinajstić information content (AvgIpc) is 3.40. The van der Waals surface area contributed by atoms with Crippen LogP contribution in [0.4, 0.5) is 24.8 Å². The van der Waals surface area contributed by atoms with Gasteiger partial charge in [0.15, 0.2) is 29.3 Å². The van der Waals surface area contributed by atoms with Crippen molar-refractivity contribution in [2.24, 2.45) is 5.92 Å². The molecule has 0 radical (unpaired) electrons. The van der Waals surface area contributed by atoms with E-state index in [1.807, 2.05) is 0 Å². The van der Waals surface area contributed by atoms with E-state index >= 15 is 0 Å². The highest BCUT2D eigenvalue weighted by molar-refractivity contribution is 5.87. The van der Waals surface area contributed by atoms with Crippen LogP contribution in [0.2, 0.25) is 0 Å². The lowest BCUT2D eigenvalue weighted by Gasteiger charge is -2.26. The van der Waals surface area contributed by atoms with Gasteiger partial charge in [0.05, 0.1) is 17.0 Å². The van der Waals surface area contributed by atoms with Gasteiger partial charge in [-0.2, -0.15) is 0 Å². The van der Waals surface area contributed by atoms with E-state index in [2.05, 4.69) is 15.0 Å². The van der Waals surface area contributed by atoms with Crippen LogP contribution in [0.15, 0.2) is 30.7 Å². The SMILES string of the molecule is Nc1nc2cc(C[C@@H]3CC[C@]4(O)C(O)[C@H](n5cc(F)c6c(N)ncnc65)O[C@H]34)cc(F)c2cc1F. The number of rotatable bonds is 3. The minimum atomic E-state index is -1.60. The molecular formula is C23H21F3N6O3. The zero-order chi connectivity index (χ0) is 24.6. The number of nitrogens with two attached hydrogens (primary N) is 2. The van der Waals surface area contributed by atoms with E-state index in [4.69, 9.17) is 16.2 Å². The van der Waals surface area contributed by atoms with Gasteiger partial charge in [-0.1, -0.05) is 0 Å². The Morgan fingerprint density at radius 3 is 2.69 bits per heavy atom. The predicted molar refractivity (Wildman–Crippen MR) is 119 cm³/mol. The molecule has 4 heterocycles. The molecule has 6 rings (SSSR count). The summed E-state index contributed by atoms with van der Waals surface area (Å²) in [7, 11) is 0. The molecule has 0 bridgehead atoms. The van der Waals surface area contributed by atoms with Gasteiger partial charge in [-0.3, -0.25) is 0 Å². The lowest BCUT2D eigenvalue weighted by Crippen LogP contribution is -2.45. The van der Waals surface area contributed by atoms with E-state index in [1.54, 1.807) is 6.07 Å². The second-order valence-electron chi connectivity index (χ2n) is 9.23. The molecule has 9 nitrogen and oxygen atoms in total.